The Labute approximate surface area is 755 Å². The molecule has 5 aromatic carbocycles. The number of rotatable bonds is 0. The monoisotopic (exact) mass is 1870 g/mol. The minimum Gasteiger partial charge on any atom is -0.423 e. The van der Waals surface area contributed by atoms with Crippen molar-refractivity contribution in [1.29, 1.82) is 0 Å². The summed E-state index contributed by atoms with van der Waals surface area (Å²) in [6, 6.07) is 45.2. The van der Waals surface area contributed by atoms with Gasteiger partial charge in [0.25, 0.3) is 11.1 Å². The van der Waals surface area contributed by atoms with Crippen LogP contribution >= 0.6 is 106 Å². The van der Waals surface area contributed by atoms with E-state index in [1.165, 1.54) is 208 Å². The molecule has 27 nitrogen and oxygen atoms in total. The average molecular weight is 1870 g/mol. The van der Waals surface area contributed by atoms with Crippen LogP contribution < -0.4 is 75.4 Å². The van der Waals surface area contributed by atoms with E-state index in [1.54, 1.807) is 49.2 Å². The number of hydrogen-bond donors (Lipinski definition) is 13. The number of aromatic nitrogens is 4. The van der Waals surface area contributed by atoms with Crippen LogP contribution in [0.4, 0.5) is 4.79 Å². The fourth-order valence-electron chi connectivity index (χ4n) is 11.5. The fourth-order valence-corrected chi connectivity index (χ4v) is 21.9. The molecule has 22 rings (SSSR count). The standard InChI is InChI=1S/C9H6O2.C8H9N.C8H8O.C7H7NO2S.C7H7NS.C5H6N2O2.C5H9NS.C4H7N3O.C4H4N2O2.C4H10N2.C4H9NS.C4H8O2.C4H8OS.2C4H8S2.C4H8S/c10-9-6-5-7-3-1-2-4-8(7)11-9;2*1-2-4-8-6-9-5-7(8)3-1;9-11(10)7-4-2-1-3-6(7)5-8-11;1-2-4-7-6(3-1)5-8-9-7;1-3-2-4(8)7-5(9)6-3;1-2-6-3-4-7-5(1)6;5-3-1-2-6-4(8)7-3;7-3-1-2-5-4(8)6-3;1-2-4-6-5-3-1;1-3-6-4-2-5-1;1-2-6-4-3-5-1;1-3-6-4-2-5-1;2*1-2-6-4-3-5-1;1-2-4-5-3-1/h1-6H;1-4,9H,5-6H2;1-4H,5-6H2;1-4,8H,5H2;1-4,8H,5H2;2H,1H3,(H2,6,7,8,9);5H,1-4H2;1-3H,5H2,(H2,6,7,8);1-2H,(H2,5,6,7,8);5-6H,1-4H2;5H,1-4H2;4*1-4H2;1-4H2. The third-order valence-electron chi connectivity index (χ3n) is 17.8. The zero-order valence-corrected chi connectivity index (χ0v) is 77.7. The zero-order chi connectivity index (χ0) is 86.4. The van der Waals surface area contributed by atoms with Crippen molar-refractivity contribution >= 4 is 133 Å². The number of fused-ring (bicyclic) bond motifs is 6. The Morgan fingerprint density at radius 1 is 0.467 bits per heavy atom. The number of amides is 2. The number of nitrogens with two attached hydrogens (primary N) is 1. The van der Waals surface area contributed by atoms with Crippen molar-refractivity contribution in [3.63, 3.8) is 0 Å². The molecule has 0 radical (unpaired) electrons. The van der Waals surface area contributed by atoms with Gasteiger partial charge in [-0.3, -0.25) is 40.0 Å². The number of para-hydroxylation sites is 1. The molecule has 2 amide bonds. The SMILES string of the molecule is C1CCNNC1.C1CCSC1.C1CN2CCC2S1.C1COCCO1.C1CSCCN1.C1CSCCO1.C1CSCCS1.C1CSCCS1.Cc1cc(=O)[nH]c(=O)[nH]1.NC1C=CNC(=O)N1.O=S1(=O)NCc2ccccc21.O=c1cc[nH]c(=O)[nH]1.O=c1ccc2ccccc2o1.c1ccc2c(c1)CNC2.c1ccc2c(c1)CNS2.c1ccc2c(c1)COC2. The highest BCUT2D eigenvalue weighted by molar-refractivity contribution is 8.06. The van der Waals surface area contributed by atoms with Crippen molar-refractivity contribution < 1.29 is 36.6 Å². The van der Waals surface area contributed by atoms with E-state index in [0.29, 0.717) is 22.7 Å². The number of sulfonamides is 1. The molecule has 3 aromatic heterocycles. The first-order valence-corrected chi connectivity index (χ1v) is 52.5. The van der Waals surface area contributed by atoms with Crippen LogP contribution in [-0.4, -0.2) is 216 Å². The van der Waals surface area contributed by atoms with Gasteiger partial charge in [0.2, 0.25) is 10.0 Å². The minimum absolute atomic E-state index is 0.250. The molecule has 0 saturated carbocycles. The number of carbonyl (C=O) groups is 1. The average Bonchev–Trinajstić information content (AvgIpc) is 1.65. The predicted molar refractivity (Wildman–Crippen MR) is 516 cm³/mol. The van der Waals surface area contributed by atoms with E-state index in [2.05, 4.69) is 188 Å². The quantitative estimate of drug-likeness (QED) is 0.0495. The highest BCUT2D eigenvalue weighted by atomic mass is 32.2. The molecule has 9 saturated heterocycles. The number of H-pyrrole nitrogens is 4. The fraction of sp³-hybridized carbons (Fsp3) is 0.482. The first-order valence-electron chi connectivity index (χ1n) is 41.0. The molecular formula is C85H122N14O13S10. The third-order valence-corrected chi connectivity index (χ3v) is 29.6. The number of ether oxygens (including phenoxy) is 4. The van der Waals surface area contributed by atoms with Crippen molar-refractivity contribution in [3.8, 4) is 0 Å². The maximum atomic E-state index is 11.1. The van der Waals surface area contributed by atoms with Gasteiger partial charge in [0.05, 0.1) is 69.3 Å². The second-order valence-corrected chi connectivity index (χ2v) is 39.8. The zero-order valence-electron chi connectivity index (χ0n) is 69.5. The van der Waals surface area contributed by atoms with E-state index in [0.717, 1.165) is 102 Å². The lowest BCUT2D eigenvalue weighted by Gasteiger charge is -2.33. The summed E-state index contributed by atoms with van der Waals surface area (Å²) in [6.45, 7) is 19.3. The van der Waals surface area contributed by atoms with E-state index in [-0.39, 0.29) is 28.9 Å². The van der Waals surface area contributed by atoms with E-state index in [9.17, 15) is 37.2 Å². The molecule has 14 N–H and O–H groups in total. The molecule has 670 valence electrons. The smallest absolute Gasteiger partial charge is 0.336 e. The first kappa shape index (κ1) is 103. The maximum absolute atomic E-state index is 11.1. The second-order valence-electron chi connectivity index (χ2n) is 27.3. The van der Waals surface area contributed by atoms with Crippen molar-refractivity contribution in [3.05, 3.63) is 255 Å². The van der Waals surface area contributed by atoms with Crippen LogP contribution in [0.15, 0.2) is 202 Å². The number of nitrogens with zero attached hydrogens (tertiary/aromatic N) is 1. The van der Waals surface area contributed by atoms with Gasteiger partial charge < -0.3 is 60.3 Å². The van der Waals surface area contributed by atoms with Gasteiger partial charge >= 0.3 is 23.0 Å². The van der Waals surface area contributed by atoms with E-state index < -0.39 is 21.4 Å². The van der Waals surface area contributed by atoms with Crippen molar-refractivity contribution in [1.82, 2.24) is 66.4 Å². The van der Waals surface area contributed by atoms with Gasteiger partial charge in [-0.15, -0.1) is 11.8 Å². The molecule has 14 aliphatic rings. The van der Waals surface area contributed by atoms with Crippen LogP contribution in [0.25, 0.3) is 11.0 Å². The van der Waals surface area contributed by atoms with Gasteiger partial charge in [0.1, 0.15) is 5.58 Å². The Bertz CT molecular complexity index is 4180. The number of thioether (sulfide) groups is 8. The maximum Gasteiger partial charge on any atom is 0.336 e. The molecule has 14 aliphatic heterocycles. The Hall–Kier alpha value is -5.70. The van der Waals surface area contributed by atoms with Gasteiger partial charge in [-0.25, -0.2) is 32.3 Å². The van der Waals surface area contributed by atoms with Crippen LogP contribution in [-0.2, 0) is 68.4 Å². The highest BCUT2D eigenvalue weighted by Gasteiger charge is 2.32. The second kappa shape index (κ2) is 65.8. The summed E-state index contributed by atoms with van der Waals surface area (Å²) in [5.74, 6) is 20.3. The number of benzene rings is 5. The topological polar surface area (TPSA) is 375 Å². The van der Waals surface area contributed by atoms with E-state index >= 15 is 0 Å². The molecule has 0 bridgehead atoms. The molecule has 37 heteroatoms. The van der Waals surface area contributed by atoms with Crippen molar-refractivity contribution in [2.45, 2.75) is 99.8 Å². The summed E-state index contributed by atoms with van der Waals surface area (Å²) in [5.41, 5.74) is 18.4. The molecule has 2 atom stereocenters. The lowest BCUT2D eigenvalue weighted by Crippen LogP contribution is -2.47. The van der Waals surface area contributed by atoms with Gasteiger partial charge in [-0.05, 0) is 126 Å². The Balaban J connectivity index is 0.000000180. The Morgan fingerprint density at radius 3 is 1.43 bits per heavy atom. The summed E-state index contributed by atoms with van der Waals surface area (Å²) in [4.78, 5) is 75.3. The van der Waals surface area contributed by atoms with Crippen molar-refractivity contribution in [2.75, 3.05) is 165 Å². The van der Waals surface area contributed by atoms with E-state index in [4.69, 9.17) is 29.1 Å². The largest absolute Gasteiger partial charge is 0.423 e. The number of aryl methyl sites for hydroxylation is 1. The third kappa shape index (κ3) is 47.2. The van der Waals surface area contributed by atoms with Crippen molar-refractivity contribution in [2.24, 2.45) is 5.73 Å². The number of aromatic amines is 4. The minimum atomic E-state index is -3.16. The Kier molecular flexibility index (Phi) is 55.8. The van der Waals surface area contributed by atoms with Crippen LogP contribution in [0.3, 0.4) is 0 Å². The van der Waals surface area contributed by atoms with Crippen LogP contribution in [0.1, 0.15) is 71.2 Å². The van der Waals surface area contributed by atoms with Gasteiger partial charge in [0, 0.05) is 187 Å². The molecule has 17 heterocycles. The summed E-state index contributed by atoms with van der Waals surface area (Å²) >= 11 is 18.2. The summed E-state index contributed by atoms with van der Waals surface area (Å²) in [7, 11) is -3.16. The molecule has 0 aliphatic carbocycles. The van der Waals surface area contributed by atoms with Gasteiger partial charge in [0.15, 0.2) is 0 Å². The molecule has 8 aromatic rings. The van der Waals surface area contributed by atoms with Gasteiger partial charge in [-0.1, -0.05) is 103 Å². The number of nitrogens with one attached hydrogen (secondary N) is 12. The summed E-state index contributed by atoms with van der Waals surface area (Å²) in [5, 5.41) is 13.3. The molecule has 2 unspecified atom stereocenters. The van der Waals surface area contributed by atoms with Gasteiger partial charge in [-0.2, -0.15) is 82.3 Å². The summed E-state index contributed by atoms with van der Waals surface area (Å²) < 4.78 is 53.0. The first-order chi connectivity index (χ1) is 59.7. The normalized spacial score (nSPS) is 19.5. The molecule has 9 fully saturated rings. The molecule has 122 heavy (non-hydrogen) atoms. The lowest BCUT2D eigenvalue weighted by atomic mass is 10.1. The van der Waals surface area contributed by atoms with Crippen LogP contribution in [0.2, 0.25) is 0 Å². The number of carbonyl (C=O) groups excluding carboxylic acids is 1. The number of hydrazine groups is 1. The lowest BCUT2D eigenvalue weighted by molar-refractivity contribution is -0.0334. The Morgan fingerprint density at radius 2 is 1.01 bits per heavy atom. The van der Waals surface area contributed by atoms with Crippen LogP contribution in [0.5, 0.6) is 0 Å². The molecular weight excluding hydrogens is 1750 g/mol. The number of hydrogen-bond acceptors (Lipinski definition) is 29. The molecule has 0 spiro atoms. The highest BCUT2D eigenvalue weighted by Crippen LogP contribution is 2.33. The predicted octanol–water partition coefficient (Wildman–Crippen LogP) is 10.8. The number of urea groups is 1. The van der Waals surface area contributed by atoms with Crippen LogP contribution in [0, 0.1) is 6.92 Å². The van der Waals surface area contributed by atoms with E-state index in [1.807, 2.05) is 76.0 Å². The summed E-state index contributed by atoms with van der Waals surface area (Å²) in [6.07, 6.45) is 11.2.